The Morgan fingerprint density at radius 2 is 1.68 bits per heavy atom. The maximum Gasteiger partial charge on any atom is 0.232 e. The summed E-state index contributed by atoms with van der Waals surface area (Å²) in [7, 11) is -3.63. The molecule has 3 aromatic carbocycles. The van der Waals surface area contributed by atoms with E-state index >= 15 is 0 Å². The van der Waals surface area contributed by atoms with Crippen molar-refractivity contribution < 1.29 is 13.2 Å². The fourth-order valence-corrected chi connectivity index (χ4v) is 7.65. The van der Waals surface area contributed by atoms with E-state index in [0.29, 0.717) is 28.6 Å². The van der Waals surface area contributed by atoms with Crippen LogP contribution in [0, 0.1) is 11.3 Å². The van der Waals surface area contributed by atoms with Gasteiger partial charge in [-0.3, -0.25) is 9.10 Å². The third-order valence-corrected chi connectivity index (χ3v) is 10.2. The van der Waals surface area contributed by atoms with E-state index in [4.69, 9.17) is 23.2 Å². The Labute approximate surface area is 253 Å². The number of rotatable bonds is 10. The average Bonchev–Trinajstić information content (AvgIpc) is 3.77. The highest BCUT2D eigenvalue weighted by Crippen LogP contribution is 2.54. The number of para-hydroxylation sites is 1. The summed E-state index contributed by atoms with van der Waals surface area (Å²) in [4.78, 5) is 16.7. The molecule has 2 aliphatic rings. The van der Waals surface area contributed by atoms with Crippen LogP contribution in [0.5, 0.6) is 0 Å². The molecule has 5 nitrogen and oxygen atoms in total. The van der Waals surface area contributed by atoms with Crippen molar-refractivity contribution in [3.8, 4) is 0 Å². The van der Waals surface area contributed by atoms with Crippen LogP contribution in [0.3, 0.4) is 0 Å². The first-order chi connectivity index (χ1) is 19.5. The van der Waals surface area contributed by atoms with E-state index in [1.54, 1.807) is 12.1 Å². The summed E-state index contributed by atoms with van der Waals surface area (Å²) in [5.74, 6) is 0.129. The third-order valence-electron chi connectivity index (χ3n) is 8.51. The van der Waals surface area contributed by atoms with Crippen molar-refractivity contribution in [2.45, 2.75) is 50.6 Å². The topological polar surface area (TPSA) is 57.7 Å². The number of amides is 1. The molecule has 2 unspecified atom stereocenters. The second-order valence-corrected chi connectivity index (χ2v) is 14.4. The lowest BCUT2D eigenvalue weighted by molar-refractivity contribution is -0.154. The smallest absolute Gasteiger partial charge is 0.232 e. The molecule has 0 N–H and O–H groups in total. The first kappa shape index (κ1) is 29.7. The minimum Gasteiger partial charge on any atom is -0.329 e. The van der Waals surface area contributed by atoms with Gasteiger partial charge in [0, 0.05) is 16.0 Å². The predicted octanol–water partition coefficient (Wildman–Crippen LogP) is 7.88. The monoisotopic (exact) mass is 610 g/mol. The summed E-state index contributed by atoms with van der Waals surface area (Å²) in [6.45, 7) is 6.16. The highest BCUT2D eigenvalue weighted by molar-refractivity contribution is 7.92. The van der Waals surface area contributed by atoms with E-state index < -0.39 is 15.4 Å². The van der Waals surface area contributed by atoms with E-state index in [-0.39, 0.29) is 36.4 Å². The number of anilines is 1. The zero-order valence-electron chi connectivity index (χ0n) is 23.4. The molecular weight excluding hydrogens is 575 g/mol. The second-order valence-electron chi connectivity index (χ2n) is 11.7. The number of hydrogen-bond donors (Lipinski definition) is 0. The molecule has 0 spiro atoms. The van der Waals surface area contributed by atoms with Gasteiger partial charge in [0.05, 0.1) is 36.0 Å². The Balaban J connectivity index is 1.69. The number of likely N-dealkylation sites (tertiary alicyclic amines) is 1. The lowest BCUT2D eigenvalue weighted by Gasteiger charge is -2.52. The van der Waals surface area contributed by atoms with E-state index in [1.807, 2.05) is 78.6 Å². The van der Waals surface area contributed by atoms with Gasteiger partial charge < -0.3 is 4.90 Å². The highest BCUT2D eigenvalue weighted by Gasteiger charge is 2.54. The molecule has 0 aromatic heterocycles. The Bertz CT molecular complexity index is 1510. The van der Waals surface area contributed by atoms with Crippen LogP contribution in [0.4, 0.5) is 5.69 Å². The number of piperidine rings is 1. The van der Waals surface area contributed by atoms with Crippen molar-refractivity contribution in [3.05, 3.63) is 113 Å². The van der Waals surface area contributed by atoms with Crippen molar-refractivity contribution in [1.82, 2.24) is 4.90 Å². The molecule has 3 aromatic rings. The number of sulfonamides is 1. The summed E-state index contributed by atoms with van der Waals surface area (Å²) >= 11 is 12.8. The number of nitrogens with zero attached hydrogens (tertiary/aromatic N) is 2. The van der Waals surface area contributed by atoms with Gasteiger partial charge in [-0.1, -0.05) is 78.7 Å². The van der Waals surface area contributed by atoms with Crippen molar-refractivity contribution in [1.29, 1.82) is 0 Å². The van der Waals surface area contributed by atoms with Crippen molar-refractivity contribution >= 4 is 44.8 Å². The molecule has 4 atom stereocenters. The van der Waals surface area contributed by atoms with Gasteiger partial charge in [-0.2, -0.15) is 0 Å². The van der Waals surface area contributed by atoms with Crippen LogP contribution in [0.15, 0.2) is 91.5 Å². The molecule has 0 radical (unpaired) electrons. The fraction of sp³-hybridized carbons (Fsp3) is 0.364. The SMILES string of the molecule is C=CC[C@@]1(C)CC(c2cccc(Cl)c2)C(c2ccc(Cl)cc2)N([C@H](CN(c2ccccc2)S(C)(=O)=O)C2CC2)C1=O. The van der Waals surface area contributed by atoms with E-state index in [0.717, 1.165) is 24.0 Å². The summed E-state index contributed by atoms with van der Waals surface area (Å²) < 4.78 is 27.8. The first-order valence-electron chi connectivity index (χ1n) is 14.0. The van der Waals surface area contributed by atoms with Crippen molar-refractivity contribution in [2.75, 3.05) is 17.1 Å². The maximum atomic E-state index is 14.7. The summed E-state index contributed by atoms with van der Waals surface area (Å²) in [5.41, 5.74) is 1.88. The summed E-state index contributed by atoms with van der Waals surface area (Å²) in [6, 6.07) is 24.0. The standard InChI is InChI=1S/C33H36Cl2N2O3S/c1-4-19-33(2)21-29(25-9-8-10-27(35)20-25)31(24-15-17-26(34)18-16-24)37(32(33)38)30(23-13-14-23)22-36(41(3,39)40)28-11-6-5-7-12-28/h4-12,15-18,20,23,29-31H,1,13-14,19,21-22H2,2-3H3/t29?,30-,31?,33+/m1/s1. The van der Waals surface area contributed by atoms with E-state index in [1.165, 1.54) is 10.6 Å². The molecule has 2 fully saturated rings. The van der Waals surface area contributed by atoms with Crippen molar-refractivity contribution in [3.63, 3.8) is 0 Å². The fourth-order valence-electron chi connectivity index (χ4n) is 6.39. The van der Waals surface area contributed by atoms with Crippen LogP contribution < -0.4 is 4.31 Å². The van der Waals surface area contributed by atoms with Gasteiger partial charge in [0.25, 0.3) is 0 Å². The quantitative estimate of drug-likeness (QED) is 0.219. The molecule has 1 saturated heterocycles. The molecule has 1 saturated carbocycles. The zero-order valence-corrected chi connectivity index (χ0v) is 25.7. The average molecular weight is 612 g/mol. The predicted molar refractivity (Wildman–Crippen MR) is 168 cm³/mol. The number of hydrogen-bond acceptors (Lipinski definition) is 3. The van der Waals surface area contributed by atoms with Gasteiger partial charge in [-0.25, -0.2) is 8.42 Å². The Kier molecular flexibility index (Phi) is 8.56. The molecule has 0 bridgehead atoms. The van der Waals surface area contributed by atoms with E-state index in [9.17, 15) is 13.2 Å². The normalized spacial score (nSPS) is 23.7. The number of benzene rings is 3. The maximum absolute atomic E-state index is 14.7. The summed E-state index contributed by atoms with van der Waals surface area (Å²) in [5, 5.41) is 1.25. The lowest BCUT2D eigenvalue weighted by Crippen LogP contribution is -2.59. The number of allylic oxidation sites excluding steroid dienone is 1. The minimum absolute atomic E-state index is 0.0223. The Morgan fingerprint density at radius 1 is 1.00 bits per heavy atom. The van der Waals surface area contributed by atoms with Crippen LogP contribution in [-0.2, 0) is 14.8 Å². The first-order valence-corrected chi connectivity index (χ1v) is 16.6. The largest absolute Gasteiger partial charge is 0.329 e. The second kappa shape index (κ2) is 11.8. The van der Waals surface area contributed by atoms with Gasteiger partial charge in [0.1, 0.15) is 0 Å². The van der Waals surface area contributed by atoms with Crippen LogP contribution >= 0.6 is 23.2 Å². The van der Waals surface area contributed by atoms with E-state index in [2.05, 4.69) is 12.6 Å². The Hall–Kier alpha value is -2.80. The molecule has 41 heavy (non-hydrogen) atoms. The molecule has 5 rings (SSSR count). The molecule has 1 aliphatic heterocycles. The number of carbonyl (C=O) groups excluding carboxylic acids is 1. The van der Waals surface area contributed by atoms with Gasteiger partial charge in [0.2, 0.25) is 15.9 Å². The molecule has 8 heteroatoms. The zero-order chi connectivity index (χ0) is 29.4. The number of carbonyl (C=O) groups is 1. The summed E-state index contributed by atoms with van der Waals surface area (Å²) in [6.07, 6.45) is 6.04. The van der Waals surface area contributed by atoms with Crippen LogP contribution in [0.1, 0.15) is 55.7 Å². The van der Waals surface area contributed by atoms with Gasteiger partial charge in [0.15, 0.2) is 0 Å². The molecule has 1 amide bonds. The van der Waals surface area contributed by atoms with Gasteiger partial charge in [-0.05, 0) is 79.1 Å². The molecule has 1 aliphatic carbocycles. The third kappa shape index (κ3) is 6.35. The van der Waals surface area contributed by atoms with Gasteiger partial charge in [-0.15, -0.1) is 6.58 Å². The van der Waals surface area contributed by atoms with Crippen LogP contribution in [0.25, 0.3) is 0 Å². The Morgan fingerprint density at radius 3 is 2.27 bits per heavy atom. The molecule has 216 valence electrons. The molecular formula is C33H36Cl2N2O3S. The van der Waals surface area contributed by atoms with Crippen LogP contribution in [0.2, 0.25) is 10.0 Å². The molecule has 1 heterocycles. The number of halogens is 2. The highest BCUT2D eigenvalue weighted by atomic mass is 35.5. The van der Waals surface area contributed by atoms with Gasteiger partial charge >= 0.3 is 0 Å². The lowest BCUT2D eigenvalue weighted by atomic mass is 9.67. The van der Waals surface area contributed by atoms with Crippen molar-refractivity contribution in [2.24, 2.45) is 11.3 Å². The minimum atomic E-state index is -3.63. The van der Waals surface area contributed by atoms with Crippen LogP contribution in [-0.4, -0.2) is 38.1 Å².